The van der Waals surface area contributed by atoms with E-state index in [4.69, 9.17) is 0 Å². The van der Waals surface area contributed by atoms with E-state index in [0.717, 1.165) is 6.04 Å². The summed E-state index contributed by atoms with van der Waals surface area (Å²) in [6.07, 6.45) is 3.88. The van der Waals surface area contributed by atoms with Crippen LogP contribution in [0.25, 0.3) is 0 Å². The molecule has 2 unspecified atom stereocenters. The lowest BCUT2D eigenvalue weighted by Gasteiger charge is -2.33. The third-order valence-corrected chi connectivity index (χ3v) is 4.62. The van der Waals surface area contributed by atoms with Crippen LogP contribution >= 0.6 is 0 Å². The van der Waals surface area contributed by atoms with E-state index in [-0.39, 0.29) is 0 Å². The van der Waals surface area contributed by atoms with Crippen molar-refractivity contribution in [1.82, 2.24) is 10.2 Å². The summed E-state index contributed by atoms with van der Waals surface area (Å²) in [5.74, 6) is 0. The molecule has 1 aliphatic heterocycles. The van der Waals surface area contributed by atoms with Crippen LogP contribution in [-0.4, -0.2) is 30.6 Å². The maximum atomic E-state index is 3.50. The molecule has 0 saturated carbocycles. The zero-order valence-electron chi connectivity index (χ0n) is 11.6. The van der Waals surface area contributed by atoms with Crippen LogP contribution in [0.5, 0.6) is 0 Å². The first-order chi connectivity index (χ1) is 8.79. The van der Waals surface area contributed by atoms with Crippen LogP contribution in [0, 0.1) is 6.92 Å². The zero-order valence-corrected chi connectivity index (χ0v) is 11.6. The molecule has 18 heavy (non-hydrogen) atoms. The van der Waals surface area contributed by atoms with Gasteiger partial charge >= 0.3 is 0 Å². The fourth-order valence-electron chi connectivity index (χ4n) is 3.70. The molecule has 1 fully saturated rings. The Kier molecular flexibility index (Phi) is 3.40. The number of hydrogen-bond donors (Lipinski definition) is 1. The molecule has 1 aromatic rings. The van der Waals surface area contributed by atoms with E-state index in [2.05, 4.69) is 42.3 Å². The van der Waals surface area contributed by atoms with Crippen molar-refractivity contribution in [3.63, 3.8) is 0 Å². The maximum absolute atomic E-state index is 3.50. The monoisotopic (exact) mass is 244 g/mol. The average Bonchev–Trinajstić information content (AvgIpc) is 3.01. The Labute approximate surface area is 110 Å². The largest absolute Gasteiger partial charge is 0.315 e. The summed E-state index contributed by atoms with van der Waals surface area (Å²) in [5.41, 5.74) is 4.58. The Hall–Kier alpha value is -0.860. The topological polar surface area (TPSA) is 15.3 Å². The molecule has 1 saturated heterocycles. The minimum absolute atomic E-state index is 0.662. The number of benzene rings is 1. The van der Waals surface area contributed by atoms with Gasteiger partial charge in [-0.15, -0.1) is 0 Å². The van der Waals surface area contributed by atoms with Crippen molar-refractivity contribution in [3.8, 4) is 0 Å². The molecule has 2 atom stereocenters. The van der Waals surface area contributed by atoms with Gasteiger partial charge in [-0.05, 0) is 50.4 Å². The summed E-state index contributed by atoms with van der Waals surface area (Å²) in [5, 5.41) is 3.50. The Morgan fingerprint density at radius 1 is 1.33 bits per heavy atom. The van der Waals surface area contributed by atoms with Crippen molar-refractivity contribution in [1.29, 1.82) is 0 Å². The lowest BCUT2D eigenvalue weighted by molar-refractivity contribution is 0.151. The van der Waals surface area contributed by atoms with E-state index in [9.17, 15) is 0 Å². The van der Waals surface area contributed by atoms with Crippen LogP contribution in [0.1, 0.15) is 42.5 Å². The predicted molar refractivity (Wildman–Crippen MR) is 75.9 cm³/mol. The molecule has 0 bridgehead atoms. The van der Waals surface area contributed by atoms with Gasteiger partial charge in [0.15, 0.2) is 0 Å². The molecule has 1 aliphatic carbocycles. The SMILES string of the molecule is CCN(C1CCNC1)C1CCc2ccc(C)cc21. The third-order valence-electron chi connectivity index (χ3n) is 4.62. The Balaban J connectivity index is 1.87. The van der Waals surface area contributed by atoms with Crippen LogP contribution in [-0.2, 0) is 6.42 Å². The van der Waals surface area contributed by atoms with Gasteiger partial charge in [-0.1, -0.05) is 30.7 Å². The molecule has 3 rings (SSSR count). The van der Waals surface area contributed by atoms with E-state index in [1.807, 2.05) is 0 Å². The number of nitrogens with zero attached hydrogens (tertiary/aromatic N) is 1. The molecule has 0 amide bonds. The standard InChI is InChI=1S/C16H24N2/c1-3-18(14-8-9-17-11-14)16-7-6-13-5-4-12(2)10-15(13)16/h4-5,10,14,16-17H,3,6-9,11H2,1-2H3. The summed E-state index contributed by atoms with van der Waals surface area (Å²) in [6.45, 7) is 8.06. The fraction of sp³-hybridized carbons (Fsp3) is 0.625. The van der Waals surface area contributed by atoms with Crippen LogP contribution in [0.3, 0.4) is 0 Å². The first-order valence-electron chi connectivity index (χ1n) is 7.35. The smallest absolute Gasteiger partial charge is 0.0357 e. The fourth-order valence-corrected chi connectivity index (χ4v) is 3.70. The van der Waals surface area contributed by atoms with Gasteiger partial charge in [-0.3, -0.25) is 4.90 Å². The van der Waals surface area contributed by atoms with Gasteiger partial charge in [0.2, 0.25) is 0 Å². The second-order valence-electron chi connectivity index (χ2n) is 5.73. The van der Waals surface area contributed by atoms with Crippen molar-refractivity contribution in [2.75, 3.05) is 19.6 Å². The highest BCUT2D eigenvalue weighted by Gasteiger charge is 2.32. The molecule has 1 aromatic carbocycles. The molecular formula is C16H24N2. The predicted octanol–water partition coefficient (Wildman–Crippen LogP) is 2.67. The third kappa shape index (κ3) is 2.08. The van der Waals surface area contributed by atoms with Crippen molar-refractivity contribution in [2.24, 2.45) is 0 Å². The van der Waals surface area contributed by atoms with Crippen molar-refractivity contribution in [2.45, 2.75) is 45.2 Å². The molecule has 0 aromatic heterocycles. The summed E-state index contributed by atoms with van der Waals surface area (Å²) in [7, 11) is 0. The van der Waals surface area contributed by atoms with E-state index in [1.165, 1.54) is 44.5 Å². The van der Waals surface area contributed by atoms with Crippen LogP contribution in [0.4, 0.5) is 0 Å². The quantitative estimate of drug-likeness (QED) is 0.879. The number of rotatable bonds is 3. The van der Waals surface area contributed by atoms with Gasteiger partial charge in [0.1, 0.15) is 0 Å². The van der Waals surface area contributed by atoms with E-state index in [0.29, 0.717) is 6.04 Å². The molecule has 1 heterocycles. The Bertz CT molecular complexity index is 421. The van der Waals surface area contributed by atoms with Gasteiger partial charge in [-0.25, -0.2) is 0 Å². The lowest BCUT2D eigenvalue weighted by atomic mass is 10.0. The van der Waals surface area contributed by atoms with Crippen LogP contribution in [0.15, 0.2) is 18.2 Å². The Morgan fingerprint density at radius 2 is 2.22 bits per heavy atom. The molecule has 2 nitrogen and oxygen atoms in total. The first-order valence-corrected chi connectivity index (χ1v) is 7.35. The zero-order chi connectivity index (χ0) is 12.5. The molecule has 0 spiro atoms. The van der Waals surface area contributed by atoms with Gasteiger partial charge in [0.25, 0.3) is 0 Å². The molecule has 2 aliphatic rings. The first kappa shape index (κ1) is 12.2. The van der Waals surface area contributed by atoms with E-state index >= 15 is 0 Å². The second kappa shape index (κ2) is 5.02. The second-order valence-corrected chi connectivity index (χ2v) is 5.73. The van der Waals surface area contributed by atoms with Gasteiger partial charge < -0.3 is 5.32 Å². The number of hydrogen-bond acceptors (Lipinski definition) is 2. The minimum atomic E-state index is 0.662. The van der Waals surface area contributed by atoms with Crippen LogP contribution < -0.4 is 5.32 Å². The van der Waals surface area contributed by atoms with Gasteiger partial charge in [0.05, 0.1) is 0 Å². The van der Waals surface area contributed by atoms with Crippen molar-refractivity contribution < 1.29 is 0 Å². The summed E-state index contributed by atoms with van der Waals surface area (Å²) in [4.78, 5) is 2.73. The minimum Gasteiger partial charge on any atom is -0.315 e. The highest BCUT2D eigenvalue weighted by Crippen LogP contribution is 2.37. The maximum Gasteiger partial charge on any atom is 0.0357 e. The molecule has 1 N–H and O–H groups in total. The highest BCUT2D eigenvalue weighted by atomic mass is 15.2. The summed E-state index contributed by atoms with van der Waals surface area (Å²) < 4.78 is 0. The normalized spacial score (nSPS) is 26.8. The number of nitrogens with one attached hydrogen (secondary N) is 1. The van der Waals surface area contributed by atoms with Gasteiger partial charge in [0, 0.05) is 18.6 Å². The van der Waals surface area contributed by atoms with Crippen molar-refractivity contribution >= 4 is 0 Å². The van der Waals surface area contributed by atoms with Crippen LogP contribution in [0.2, 0.25) is 0 Å². The lowest BCUT2D eigenvalue weighted by Crippen LogP contribution is -2.38. The number of fused-ring (bicyclic) bond motifs is 1. The molecular weight excluding hydrogens is 220 g/mol. The highest BCUT2D eigenvalue weighted by molar-refractivity contribution is 5.37. The molecule has 2 heteroatoms. The Morgan fingerprint density at radius 3 is 2.94 bits per heavy atom. The van der Waals surface area contributed by atoms with Crippen molar-refractivity contribution in [3.05, 3.63) is 34.9 Å². The van der Waals surface area contributed by atoms with E-state index < -0.39 is 0 Å². The number of aryl methyl sites for hydroxylation is 2. The van der Waals surface area contributed by atoms with Gasteiger partial charge in [-0.2, -0.15) is 0 Å². The van der Waals surface area contributed by atoms with E-state index in [1.54, 1.807) is 11.1 Å². The number of likely N-dealkylation sites (N-methyl/N-ethyl adjacent to an activating group) is 1. The summed E-state index contributed by atoms with van der Waals surface area (Å²) >= 11 is 0. The summed E-state index contributed by atoms with van der Waals surface area (Å²) in [6, 6.07) is 8.42. The molecule has 98 valence electrons. The molecule has 0 radical (unpaired) electrons. The average molecular weight is 244 g/mol.